The molecular formula is C18H17NO2S. The summed E-state index contributed by atoms with van der Waals surface area (Å²) in [6.07, 6.45) is -0.172. The van der Waals surface area contributed by atoms with E-state index in [1.54, 1.807) is 11.8 Å². The molecular weight excluding hydrogens is 294 g/mol. The molecule has 2 aromatic rings. The Morgan fingerprint density at radius 2 is 1.55 bits per heavy atom. The fourth-order valence-corrected chi connectivity index (χ4v) is 3.43. The topological polar surface area (TPSA) is 29.5 Å². The van der Waals surface area contributed by atoms with Crippen LogP contribution in [-0.2, 0) is 9.53 Å². The summed E-state index contributed by atoms with van der Waals surface area (Å²) in [7, 11) is 0. The minimum atomic E-state index is -0.397. The molecule has 3 rings (SSSR count). The minimum absolute atomic E-state index is 0.172. The summed E-state index contributed by atoms with van der Waals surface area (Å²) in [6, 6.07) is 16.0. The average molecular weight is 311 g/mol. The number of anilines is 2. The largest absolute Gasteiger partial charge is 0.458 e. The van der Waals surface area contributed by atoms with Gasteiger partial charge < -0.3 is 9.64 Å². The molecule has 0 radical (unpaired) electrons. The van der Waals surface area contributed by atoms with Gasteiger partial charge in [-0.25, -0.2) is 4.79 Å². The van der Waals surface area contributed by atoms with Crippen LogP contribution in [0, 0.1) is 0 Å². The first-order valence-corrected chi connectivity index (χ1v) is 7.95. The fraction of sp³-hybridized carbons (Fsp3) is 0.167. The number of carbonyl (C=O) groups excluding carboxylic acids is 1. The fourth-order valence-electron chi connectivity index (χ4n) is 2.37. The van der Waals surface area contributed by atoms with E-state index in [2.05, 4.69) is 6.58 Å². The predicted octanol–water partition coefficient (Wildman–Crippen LogP) is 4.75. The summed E-state index contributed by atoms with van der Waals surface area (Å²) in [5, 5.41) is 0. The van der Waals surface area contributed by atoms with E-state index in [-0.39, 0.29) is 6.10 Å². The van der Waals surface area contributed by atoms with E-state index in [4.69, 9.17) is 4.74 Å². The molecule has 0 unspecified atom stereocenters. The summed E-state index contributed by atoms with van der Waals surface area (Å²) in [5.74, 6) is -0.397. The molecule has 0 fully saturated rings. The van der Waals surface area contributed by atoms with Crippen molar-refractivity contribution < 1.29 is 9.53 Å². The van der Waals surface area contributed by atoms with Gasteiger partial charge in [-0.05, 0) is 38.1 Å². The Hall–Kier alpha value is -2.20. The molecule has 112 valence electrons. The molecule has 22 heavy (non-hydrogen) atoms. The van der Waals surface area contributed by atoms with Crippen molar-refractivity contribution >= 4 is 29.1 Å². The van der Waals surface area contributed by atoms with Crippen molar-refractivity contribution in [1.29, 1.82) is 0 Å². The molecule has 0 bridgehead atoms. The molecule has 0 saturated heterocycles. The number of rotatable bonds is 3. The third-order valence-corrected chi connectivity index (χ3v) is 4.41. The van der Waals surface area contributed by atoms with E-state index in [1.165, 1.54) is 0 Å². The summed E-state index contributed by atoms with van der Waals surface area (Å²) in [4.78, 5) is 16.4. The number of nitrogens with zero attached hydrogens (tertiary/aromatic N) is 1. The van der Waals surface area contributed by atoms with Gasteiger partial charge in [0, 0.05) is 9.79 Å². The van der Waals surface area contributed by atoms with Gasteiger partial charge in [0.05, 0.1) is 17.5 Å². The Bertz CT molecular complexity index is 694. The highest BCUT2D eigenvalue weighted by molar-refractivity contribution is 7.99. The van der Waals surface area contributed by atoms with Crippen LogP contribution in [0.15, 0.2) is 70.6 Å². The number of benzene rings is 2. The number of ether oxygens (including phenoxy) is 1. The van der Waals surface area contributed by atoms with Crippen molar-refractivity contribution in [2.75, 3.05) is 4.90 Å². The second-order valence-electron chi connectivity index (χ2n) is 5.27. The summed E-state index contributed by atoms with van der Waals surface area (Å²) >= 11 is 1.69. The lowest BCUT2D eigenvalue weighted by Gasteiger charge is -2.33. The first kappa shape index (κ1) is 14.7. The Morgan fingerprint density at radius 3 is 2.05 bits per heavy atom. The van der Waals surface area contributed by atoms with Crippen LogP contribution in [0.3, 0.4) is 0 Å². The minimum Gasteiger partial charge on any atom is -0.458 e. The SMILES string of the molecule is C=C(C(=O)OC(C)C)N1c2ccccc2Sc2ccccc21. The van der Waals surface area contributed by atoms with E-state index in [0.29, 0.717) is 5.70 Å². The predicted molar refractivity (Wildman–Crippen MR) is 89.5 cm³/mol. The third-order valence-electron chi connectivity index (χ3n) is 3.28. The van der Waals surface area contributed by atoms with E-state index < -0.39 is 5.97 Å². The Morgan fingerprint density at radius 1 is 1.05 bits per heavy atom. The maximum atomic E-state index is 12.3. The summed E-state index contributed by atoms with van der Waals surface area (Å²) in [6.45, 7) is 7.64. The first-order valence-electron chi connectivity index (χ1n) is 7.14. The lowest BCUT2D eigenvalue weighted by atomic mass is 10.2. The maximum Gasteiger partial charge on any atom is 0.354 e. The van der Waals surface area contributed by atoms with Gasteiger partial charge in [-0.15, -0.1) is 0 Å². The van der Waals surface area contributed by atoms with Gasteiger partial charge in [0.1, 0.15) is 5.70 Å². The van der Waals surface area contributed by atoms with Gasteiger partial charge in [-0.3, -0.25) is 0 Å². The lowest BCUT2D eigenvalue weighted by molar-refractivity contribution is -0.142. The third kappa shape index (κ3) is 2.62. The van der Waals surface area contributed by atoms with Crippen LogP contribution in [0.25, 0.3) is 0 Å². The van der Waals surface area contributed by atoms with Crippen molar-refractivity contribution in [3.8, 4) is 0 Å². The van der Waals surface area contributed by atoms with Crippen molar-refractivity contribution in [3.63, 3.8) is 0 Å². The van der Waals surface area contributed by atoms with E-state index in [0.717, 1.165) is 21.2 Å². The molecule has 0 saturated carbocycles. The Labute approximate surface area is 134 Å². The van der Waals surface area contributed by atoms with Crippen LogP contribution in [0.4, 0.5) is 11.4 Å². The number of carbonyl (C=O) groups is 1. The molecule has 0 aromatic heterocycles. The molecule has 3 nitrogen and oxygen atoms in total. The number of esters is 1. The second kappa shape index (κ2) is 5.89. The van der Waals surface area contributed by atoms with E-state index >= 15 is 0 Å². The molecule has 1 heterocycles. The summed E-state index contributed by atoms with van der Waals surface area (Å²) < 4.78 is 5.31. The normalized spacial score (nSPS) is 12.6. The van der Waals surface area contributed by atoms with Gasteiger partial charge >= 0.3 is 5.97 Å². The average Bonchev–Trinajstić information content (AvgIpc) is 2.51. The van der Waals surface area contributed by atoms with Crippen LogP contribution in [-0.4, -0.2) is 12.1 Å². The molecule has 0 N–H and O–H groups in total. The van der Waals surface area contributed by atoms with Crippen LogP contribution >= 0.6 is 11.8 Å². The molecule has 1 aliphatic heterocycles. The standard InChI is InChI=1S/C18H17NO2S/c1-12(2)21-18(20)13(3)19-14-8-4-6-10-16(14)22-17-11-7-5-9-15(17)19/h4-12H,3H2,1-2H3. The zero-order valence-electron chi connectivity index (χ0n) is 12.6. The zero-order chi connectivity index (χ0) is 15.7. The highest BCUT2D eigenvalue weighted by Crippen LogP contribution is 2.49. The van der Waals surface area contributed by atoms with Gasteiger partial charge in [0.2, 0.25) is 0 Å². The van der Waals surface area contributed by atoms with E-state index in [9.17, 15) is 4.79 Å². The highest BCUT2D eigenvalue weighted by Gasteiger charge is 2.28. The number of fused-ring (bicyclic) bond motifs is 2. The van der Waals surface area contributed by atoms with Crippen molar-refractivity contribution in [1.82, 2.24) is 0 Å². The monoisotopic (exact) mass is 311 g/mol. The molecule has 2 aromatic carbocycles. The number of para-hydroxylation sites is 2. The first-order chi connectivity index (χ1) is 10.6. The van der Waals surface area contributed by atoms with Gasteiger partial charge in [0.15, 0.2) is 0 Å². The molecule has 1 aliphatic rings. The van der Waals surface area contributed by atoms with Gasteiger partial charge in [0.25, 0.3) is 0 Å². The Balaban J connectivity index is 2.07. The molecule has 0 atom stereocenters. The summed E-state index contributed by atoms with van der Waals surface area (Å²) in [5.41, 5.74) is 2.24. The van der Waals surface area contributed by atoms with Crippen LogP contribution < -0.4 is 4.90 Å². The number of hydrogen-bond donors (Lipinski definition) is 0. The van der Waals surface area contributed by atoms with Crippen LogP contribution in [0.1, 0.15) is 13.8 Å². The molecule has 4 heteroatoms. The van der Waals surface area contributed by atoms with Crippen LogP contribution in [0.5, 0.6) is 0 Å². The lowest BCUT2D eigenvalue weighted by Crippen LogP contribution is -2.27. The zero-order valence-corrected chi connectivity index (χ0v) is 13.4. The van der Waals surface area contributed by atoms with Gasteiger partial charge in [-0.1, -0.05) is 42.6 Å². The highest BCUT2D eigenvalue weighted by atomic mass is 32.2. The number of hydrogen-bond acceptors (Lipinski definition) is 4. The van der Waals surface area contributed by atoms with E-state index in [1.807, 2.05) is 67.3 Å². The molecule has 0 amide bonds. The molecule has 0 spiro atoms. The molecule has 0 aliphatic carbocycles. The quantitative estimate of drug-likeness (QED) is 0.604. The van der Waals surface area contributed by atoms with Crippen molar-refractivity contribution in [2.45, 2.75) is 29.7 Å². The Kier molecular flexibility index (Phi) is 3.94. The van der Waals surface area contributed by atoms with Gasteiger partial charge in [-0.2, -0.15) is 0 Å². The van der Waals surface area contributed by atoms with Crippen molar-refractivity contribution in [3.05, 3.63) is 60.8 Å². The maximum absolute atomic E-state index is 12.3. The smallest absolute Gasteiger partial charge is 0.354 e. The second-order valence-corrected chi connectivity index (χ2v) is 6.36. The van der Waals surface area contributed by atoms with Crippen LogP contribution in [0.2, 0.25) is 0 Å². The van der Waals surface area contributed by atoms with Crippen molar-refractivity contribution in [2.24, 2.45) is 0 Å².